The number of nitrogens with one attached hydrogen (secondary N) is 1. The first-order valence-corrected chi connectivity index (χ1v) is 11.7. The van der Waals surface area contributed by atoms with Gasteiger partial charge in [0.1, 0.15) is 11.9 Å². The molecular weight excluding hydrogens is 447 g/mol. The van der Waals surface area contributed by atoms with Crippen LogP contribution in [-0.2, 0) is 29.1 Å². The van der Waals surface area contributed by atoms with Gasteiger partial charge in [-0.15, -0.1) is 0 Å². The highest BCUT2D eigenvalue weighted by molar-refractivity contribution is 5.88. The summed E-state index contributed by atoms with van der Waals surface area (Å²) < 4.78 is 24.2. The molecular formula is C28H29FN2O4. The van der Waals surface area contributed by atoms with Crippen molar-refractivity contribution in [3.8, 4) is 11.5 Å². The highest BCUT2D eigenvalue weighted by Gasteiger charge is 2.31. The zero-order chi connectivity index (χ0) is 24.8. The lowest BCUT2D eigenvalue weighted by atomic mass is 10.0. The maximum Gasteiger partial charge on any atom is 0.243 e. The Kier molecular flexibility index (Phi) is 7.65. The first kappa shape index (κ1) is 24.3. The number of ether oxygens (including phenoxy) is 2. The molecule has 1 heterocycles. The van der Waals surface area contributed by atoms with Gasteiger partial charge >= 0.3 is 0 Å². The highest BCUT2D eigenvalue weighted by Crippen LogP contribution is 2.32. The quantitative estimate of drug-likeness (QED) is 0.495. The van der Waals surface area contributed by atoms with Crippen molar-refractivity contribution in [1.82, 2.24) is 10.2 Å². The second-order valence-corrected chi connectivity index (χ2v) is 8.86. The van der Waals surface area contributed by atoms with Crippen molar-refractivity contribution < 1.29 is 23.5 Å². The Hall–Kier alpha value is -3.87. The number of nitrogens with zero attached hydrogens (tertiary/aromatic N) is 1. The molecule has 2 amide bonds. The summed E-state index contributed by atoms with van der Waals surface area (Å²) in [6, 6.07) is 20.4. The van der Waals surface area contributed by atoms with Gasteiger partial charge in [-0.2, -0.15) is 0 Å². The van der Waals surface area contributed by atoms with Crippen LogP contribution in [0.25, 0.3) is 0 Å². The van der Waals surface area contributed by atoms with Crippen LogP contribution in [0.4, 0.5) is 4.39 Å². The molecule has 182 valence electrons. The molecule has 6 nitrogen and oxygen atoms in total. The summed E-state index contributed by atoms with van der Waals surface area (Å²) in [5, 5.41) is 2.99. The first-order chi connectivity index (χ1) is 16.9. The minimum atomic E-state index is -0.744. The predicted molar refractivity (Wildman–Crippen MR) is 130 cm³/mol. The lowest BCUT2D eigenvalue weighted by Gasteiger charge is -2.33. The van der Waals surface area contributed by atoms with Crippen molar-refractivity contribution in [2.75, 3.05) is 6.79 Å². The fourth-order valence-electron chi connectivity index (χ4n) is 4.00. The lowest BCUT2D eigenvalue weighted by Crippen LogP contribution is -2.51. The summed E-state index contributed by atoms with van der Waals surface area (Å²) >= 11 is 0. The summed E-state index contributed by atoms with van der Waals surface area (Å²) in [6.45, 7) is 4.28. The van der Waals surface area contributed by atoms with Crippen LogP contribution in [0.1, 0.15) is 30.5 Å². The molecule has 0 saturated heterocycles. The second-order valence-electron chi connectivity index (χ2n) is 8.86. The normalized spacial score (nSPS) is 12.9. The Balaban J connectivity index is 1.58. The van der Waals surface area contributed by atoms with E-state index in [1.165, 1.54) is 12.1 Å². The molecule has 1 atom stereocenters. The monoisotopic (exact) mass is 476 g/mol. The topological polar surface area (TPSA) is 67.9 Å². The van der Waals surface area contributed by atoms with Gasteiger partial charge in [-0.05, 0) is 41.0 Å². The molecule has 35 heavy (non-hydrogen) atoms. The minimum absolute atomic E-state index is 0.145. The van der Waals surface area contributed by atoms with Gasteiger partial charge in [0.15, 0.2) is 11.5 Å². The van der Waals surface area contributed by atoms with Gasteiger partial charge in [0.2, 0.25) is 18.6 Å². The summed E-state index contributed by atoms with van der Waals surface area (Å²) in [5.74, 6) is 0.254. The van der Waals surface area contributed by atoms with Crippen LogP contribution in [-0.4, -0.2) is 29.5 Å². The van der Waals surface area contributed by atoms with Crippen LogP contribution < -0.4 is 14.8 Å². The molecule has 0 aromatic heterocycles. The van der Waals surface area contributed by atoms with Crippen molar-refractivity contribution in [1.29, 1.82) is 0 Å². The van der Waals surface area contributed by atoms with E-state index in [-0.39, 0.29) is 43.4 Å². The molecule has 0 unspecified atom stereocenters. The molecule has 3 aromatic carbocycles. The second kappa shape index (κ2) is 11.0. The third-order valence-electron chi connectivity index (χ3n) is 5.90. The van der Waals surface area contributed by atoms with Crippen molar-refractivity contribution in [3.63, 3.8) is 0 Å². The molecule has 1 aliphatic heterocycles. The average molecular weight is 477 g/mol. The van der Waals surface area contributed by atoms with Crippen LogP contribution in [0.5, 0.6) is 11.5 Å². The molecule has 0 aliphatic carbocycles. The predicted octanol–water partition coefficient (Wildman–Crippen LogP) is 4.47. The van der Waals surface area contributed by atoms with E-state index in [1.54, 1.807) is 17.0 Å². The van der Waals surface area contributed by atoms with E-state index in [0.717, 1.165) is 16.7 Å². The highest BCUT2D eigenvalue weighted by atomic mass is 19.1. The van der Waals surface area contributed by atoms with E-state index >= 15 is 0 Å². The number of rotatable bonds is 9. The molecule has 0 saturated carbocycles. The van der Waals surface area contributed by atoms with Crippen molar-refractivity contribution >= 4 is 11.8 Å². The number of amides is 2. The van der Waals surface area contributed by atoms with Gasteiger partial charge in [-0.1, -0.05) is 62.4 Å². The smallest absolute Gasteiger partial charge is 0.243 e. The Morgan fingerprint density at radius 3 is 2.31 bits per heavy atom. The lowest BCUT2D eigenvalue weighted by molar-refractivity contribution is -0.143. The fraction of sp³-hybridized carbons (Fsp3) is 0.286. The van der Waals surface area contributed by atoms with Gasteiger partial charge in [0.05, 0.1) is 0 Å². The van der Waals surface area contributed by atoms with Crippen LogP contribution in [0.15, 0.2) is 72.8 Å². The van der Waals surface area contributed by atoms with Gasteiger partial charge in [-0.25, -0.2) is 4.39 Å². The number of carbonyl (C=O) groups is 2. The number of benzene rings is 3. The van der Waals surface area contributed by atoms with Crippen LogP contribution in [0, 0.1) is 11.7 Å². The Labute approximate surface area is 204 Å². The first-order valence-electron chi connectivity index (χ1n) is 11.7. The number of carbonyl (C=O) groups excluding carboxylic acids is 2. The van der Waals surface area contributed by atoms with Gasteiger partial charge in [-0.3, -0.25) is 9.59 Å². The summed E-state index contributed by atoms with van der Waals surface area (Å²) in [4.78, 5) is 28.4. The minimum Gasteiger partial charge on any atom is -0.454 e. The van der Waals surface area contributed by atoms with Crippen molar-refractivity contribution in [2.45, 2.75) is 39.4 Å². The molecule has 0 spiro atoms. The molecule has 1 aliphatic rings. The number of hydrogen-bond donors (Lipinski definition) is 1. The standard InChI is InChI=1S/C28H29FN2O4/c1-19(2)28(33)31(17-21-8-11-23(29)12-9-21)24(14-20-6-4-3-5-7-20)27(32)30-16-22-10-13-25-26(15-22)35-18-34-25/h3-13,15,19,24H,14,16-18H2,1-2H3,(H,30,32)/t24-/m0/s1. The molecule has 1 N–H and O–H groups in total. The Morgan fingerprint density at radius 2 is 1.60 bits per heavy atom. The molecule has 7 heteroatoms. The van der Waals surface area contributed by atoms with Crippen LogP contribution in [0.3, 0.4) is 0 Å². The fourth-order valence-corrected chi connectivity index (χ4v) is 4.00. The molecule has 3 aromatic rings. The van der Waals surface area contributed by atoms with Crippen LogP contribution in [0.2, 0.25) is 0 Å². The van der Waals surface area contributed by atoms with Gasteiger partial charge in [0, 0.05) is 25.4 Å². The van der Waals surface area contributed by atoms with E-state index < -0.39 is 6.04 Å². The van der Waals surface area contributed by atoms with Crippen molar-refractivity contribution in [3.05, 3.63) is 95.3 Å². The molecule has 0 fully saturated rings. The zero-order valence-electron chi connectivity index (χ0n) is 19.9. The zero-order valence-corrected chi connectivity index (χ0v) is 19.9. The van der Waals surface area contributed by atoms with E-state index in [4.69, 9.17) is 9.47 Å². The average Bonchev–Trinajstić information content (AvgIpc) is 3.34. The van der Waals surface area contributed by atoms with Crippen molar-refractivity contribution in [2.24, 2.45) is 5.92 Å². The Bertz CT molecular complexity index is 1170. The molecule has 0 bridgehead atoms. The maximum atomic E-state index is 13.5. The molecule has 4 rings (SSSR count). The van der Waals surface area contributed by atoms with E-state index in [1.807, 2.05) is 62.4 Å². The Morgan fingerprint density at radius 1 is 0.914 bits per heavy atom. The van der Waals surface area contributed by atoms with Gasteiger partial charge in [0.25, 0.3) is 0 Å². The number of halogens is 1. The largest absolute Gasteiger partial charge is 0.454 e. The maximum absolute atomic E-state index is 13.5. The van der Waals surface area contributed by atoms with E-state index in [9.17, 15) is 14.0 Å². The summed E-state index contributed by atoms with van der Waals surface area (Å²) in [7, 11) is 0. The summed E-state index contributed by atoms with van der Waals surface area (Å²) in [6.07, 6.45) is 0.355. The van der Waals surface area contributed by atoms with Gasteiger partial charge < -0.3 is 19.7 Å². The SMILES string of the molecule is CC(C)C(=O)N(Cc1ccc(F)cc1)[C@@H](Cc1ccccc1)C(=O)NCc1ccc2c(c1)OCO2. The van der Waals surface area contributed by atoms with E-state index in [2.05, 4.69) is 5.32 Å². The number of hydrogen-bond acceptors (Lipinski definition) is 4. The van der Waals surface area contributed by atoms with Crippen LogP contribution >= 0.6 is 0 Å². The summed E-state index contributed by atoms with van der Waals surface area (Å²) in [5.41, 5.74) is 2.56. The third kappa shape index (κ3) is 6.18. The number of fused-ring (bicyclic) bond motifs is 1. The molecule has 0 radical (unpaired) electrons. The third-order valence-corrected chi connectivity index (χ3v) is 5.90. The van der Waals surface area contributed by atoms with E-state index in [0.29, 0.717) is 17.9 Å².